The fraction of sp³-hybridized carbons (Fsp3) is 0.480. The molecule has 2 aliphatic heterocycles. The maximum absolute atomic E-state index is 13.3. The molecule has 6 nitrogen and oxygen atoms in total. The second-order valence-corrected chi connectivity index (χ2v) is 10.8. The molecule has 0 bridgehead atoms. The number of thiophene rings is 1. The summed E-state index contributed by atoms with van der Waals surface area (Å²) in [4.78, 5) is 37.3. The number of piperazine rings is 1. The van der Waals surface area contributed by atoms with Crippen molar-refractivity contribution < 1.29 is 9.59 Å². The van der Waals surface area contributed by atoms with Crippen molar-refractivity contribution in [2.45, 2.75) is 45.2 Å². The highest BCUT2D eigenvalue weighted by atomic mass is 35.5. The number of anilines is 1. The highest BCUT2D eigenvalue weighted by molar-refractivity contribution is 7.16. The molecule has 0 aromatic carbocycles. The summed E-state index contributed by atoms with van der Waals surface area (Å²) in [6.07, 6.45) is 10.8. The number of amides is 2. The molecule has 33 heavy (non-hydrogen) atoms. The number of hydrogen-bond acceptors (Lipinski definition) is 5. The first-order valence-electron chi connectivity index (χ1n) is 11.6. The Kier molecular flexibility index (Phi) is 7.71. The van der Waals surface area contributed by atoms with Crippen LogP contribution >= 0.6 is 22.9 Å². The monoisotopic (exact) mass is 486 g/mol. The van der Waals surface area contributed by atoms with Gasteiger partial charge < -0.3 is 14.7 Å². The summed E-state index contributed by atoms with van der Waals surface area (Å²) in [7, 11) is 0. The first-order chi connectivity index (χ1) is 15.9. The highest BCUT2D eigenvalue weighted by Crippen LogP contribution is 2.28. The van der Waals surface area contributed by atoms with Crippen molar-refractivity contribution in [2.75, 3.05) is 31.1 Å². The Labute approximate surface area is 204 Å². The number of aromatic nitrogens is 1. The van der Waals surface area contributed by atoms with E-state index >= 15 is 0 Å². The molecule has 8 heteroatoms. The van der Waals surface area contributed by atoms with E-state index < -0.39 is 5.91 Å². The van der Waals surface area contributed by atoms with Crippen LogP contribution in [0.1, 0.15) is 38.0 Å². The van der Waals surface area contributed by atoms with Crippen LogP contribution in [0.5, 0.6) is 0 Å². The van der Waals surface area contributed by atoms with Crippen LogP contribution in [0.25, 0.3) is 6.08 Å². The molecule has 1 unspecified atom stereocenters. The average Bonchev–Trinajstić information content (AvgIpc) is 3.24. The van der Waals surface area contributed by atoms with Gasteiger partial charge in [-0.2, -0.15) is 0 Å². The van der Waals surface area contributed by atoms with Crippen LogP contribution in [-0.4, -0.2) is 64.9 Å². The van der Waals surface area contributed by atoms with Gasteiger partial charge >= 0.3 is 11.8 Å². The lowest BCUT2D eigenvalue weighted by Crippen LogP contribution is -2.63. The molecule has 0 saturated carbocycles. The van der Waals surface area contributed by atoms with Crippen molar-refractivity contribution >= 4 is 46.5 Å². The first-order valence-corrected chi connectivity index (χ1v) is 12.8. The minimum atomic E-state index is -0.410. The molecular weight excluding hydrogens is 456 g/mol. The first kappa shape index (κ1) is 23.8. The number of halogens is 1. The third kappa shape index (κ3) is 5.58. The van der Waals surface area contributed by atoms with Crippen LogP contribution < -0.4 is 4.90 Å². The van der Waals surface area contributed by atoms with Crippen molar-refractivity contribution in [3.8, 4) is 0 Å². The fourth-order valence-corrected chi connectivity index (χ4v) is 5.76. The number of nitrogens with zero attached hydrogens (tertiary/aromatic N) is 4. The van der Waals surface area contributed by atoms with Crippen LogP contribution in [0, 0.1) is 5.92 Å². The Morgan fingerprint density at radius 1 is 1.15 bits per heavy atom. The van der Waals surface area contributed by atoms with Gasteiger partial charge in [0.25, 0.3) is 0 Å². The lowest BCUT2D eigenvalue weighted by Gasteiger charge is -2.46. The van der Waals surface area contributed by atoms with Crippen LogP contribution in [0.2, 0.25) is 4.34 Å². The molecular formula is C25H31ClN4O2S. The van der Waals surface area contributed by atoms with Crippen molar-refractivity contribution in [1.29, 1.82) is 0 Å². The molecule has 0 spiro atoms. The van der Waals surface area contributed by atoms with E-state index in [4.69, 9.17) is 11.6 Å². The third-order valence-electron chi connectivity index (χ3n) is 6.54. The standard InChI is InChI=1S/C25H31ClN4O2S/c1-18(2)22-17-28(14-5-7-21-8-9-23(26)33-21)24(31)25(32)30(22)16-20-6-3-4-15-29(20)19-10-12-27-13-11-19/h5,7-13,18,20,22H,3-4,6,14-17H2,1-2H3/t20?,22-/m1/s1. The largest absolute Gasteiger partial charge is 0.367 e. The second-order valence-electron chi connectivity index (χ2n) is 9.07. The molecule has 2 amide bonds. The summed E-state index contributed by atoms with van der Waals surface area (Å²) in [5, 5.41) is 0. The van der Waals surface area contributed by atoms with Gasteiger partial charge in [-0.1, -0.05) is 31.5 Å². The molecule has 0 N–H and O–H groups in total. The molecule has 4 heterocycles. The molecule has 2 atom stereocenters. The zero-order valence-corrected chi connectivity index (χ0v) is 20.8. The van der Waals surface area contributed by atoms with E-state index in [-0.39, 0.29) is 23.9 Å². The Morgan fingerprint density at radius 3 is 2.64 bits per heavy atom. The van der Waals surface area contributed by atoms with Gasteiger partial charge in [0.15, 0.2) is 0 Å². The molecule has 2 aliphatic rings. The van der Waals surface area contributed by atoms with Crippen LogP contribution in [-0.2, 0) is 9.59 Å². The second kappa shape index (κ2) is 10.7. The van der Waals surface area contributed by atoms with Gasteiger partial charge in [-0.3, -0.25) is 14.6 Å². The Balaban J connectivity index is 1.47. The van der Waals surface area contributed by atoms with Crippen LogP contribution in [0.4, 0.5) is 5.69 Å². The third-order valence-corrected chi connectivity index (χ3v) is 7.74. The SMILES string of the molecule is CC(C)[C@H]1CN(CC=Cc2ccc(Cl)s2)C(=O)C(=O)N1CC1CCCCN1c1ccncc1. The van der Waals surface area contributed by atoms with Gasteiger partial charge in [0.1, 0.15) is 0 Å². The summed E-state index contributed by atoms with van der Waals surface area (Å²) in [6.45, 7) is 6.77. The van der Waals surface area contributed by atoms with E-state index in [0.717, 1.165) is 40.7 Å². The van der Waals surface area contributed by atoms with Gasteiger partial charge in [0.2, 0.25) is 0 Å². The van der Waals surface area contributed by atoms with Gasteiger partial charge in [0.05, 0.1) is 10.4 Å². The molecule has 2 aromatic heterocycles. The molecule has 176 valence electrons. The Morgan fingerprint density at radius 2 is 1.94 bits per heavy atom. The lowest BCUT2D eigenvalue weighted by molar-refractivity contribution is -0.160. The minimum absolute atomic E-state index is 0.000925. The lowest BCUT2D eigenvalue weighted by atomic mass is 9.95. The van der Waals surface area contributed by atoms with Crippen molar-refractivity contribution in [1.82, 2.24) is 14.8 Å². The number of hydrogen-bond donors (Lipinski definition) is 0. The number of pyridine rings is 1. The summed E-state index contributed by atoms with van der Waals surface area (Å²) in [6, 6.07) is 8.06. The normalized spacial score (nSPS) is 22.1. The van der Waals surface area contributed by atoms with Crippen molar-refractivity contribution in [2.24, 2.45) is 5.92 Å². The van der Waals surface area contributed by atoms with E-state index in [1.54, 1.807) is 4.90 Å². The molecule has 2 saturated heterocycles. The van der Waals surface area contributed by atoms with Gasteiger partial charge in [-0.05, 0) is 55.5 Å². The minimum Gasteiger partial charge on any atom is -0.367 e. The fourth-order valence-electron chi connectivity index (χ4n) is 4.77. The molecule has 0 radical (unpaired) electrons. The maximum Gasteiger partial charge on any atom is 0.312 e. The number of rotatable bonds is 7. The van der Waals surface area contributed by atoms with Crippen molar-refractivity contribution in [3.63, 3.8) is 0 Å². The van der Waals surface area contributed by atoms with Gasteiger partial charge in [-0.25, -0.2) is 0 Å². The van der Waals surface area contributed by atoms with Crippen LogP contribution in [0.3, 0.4) is 0 Å². The smallest absolute Gasteiger partial charge is 0.312 e. The quantitative estimate of drug-likeness (QED) is 0.538. The Hall–Kier alpha value is -2.38. The van der Waals surface area contributed by atoms with Gasteiger partial charge in [-0.15, -0.1) is 11.3 Å². The van der Waals surface area contributed by atoms with E-state index in [1.165, 1.54) is 11.3 Å². The predicted octanol–water partition coefficient (Wildman–Crippen LogP) is 4.56. The zero-order chi connectivity index (χ0) is 23.4. The molecule has 4 rings (SSSR count). The maximum atomic E-state index is 13.3. The summed E-state index contributed by atoms with van der Waals surface area (Å²) in [5.41, 5.74) is 1.13. The average molecular weight is 487 g/mol. The number of piperidine rings is 1. The summed E-state index contributed by atoms with van der Waals surface area (Å²) < 4.78 is 0.734. The topological polar surface area (TPSA) is 56.8 Å². The van der Waals surface area contributed by atoms with Crippen molar-refractivity contribution in [3.05, 3.63) is 51.9 Å². The zero-order valence-electron chi connectivity index (χ0n) is 19.2. The molecule has 2 fully saturated rings. The van der Waals surface area contributed by atoms with E-state index in [0.29, 0.717) is 19.6 Å². The number of carbonyl (C=O) groups is 2. The molecule has 0 aliphatic carbocycles. The van der Waals surface area contributed by atoms with E-state index in [2.05, 4.69) is 23.7 Å². The molecule has 2 aromatic rings. The summed E-state index contributed by atoms with van der Waals surface area (Å²) >= 11 is 7.48. The Bertz CT molecular complexity index is 993. The summed E-state index contributed by atoms with van der Waals surface area (Å²) in [5.74, 6) is -0.539. The number of carbonyl (C=O) groups excluding carboxylic acids is 2. The van der Waals surface area contributed by atoms with E-state index in [1.807, 2.05) is 53.7 Å². The van der Waals surface area contributed by atoms with Crippen LogP contribution in [0.15, 0.2) is 42.7 Å². The van der Waals surface area contributed by atoms with Gasteiger partial charge in [0, 0.05) is 55.2 Å². The predicted molar refractivity (Wildman–Crippen MR) is 135 cm³/mol. The highest BCUT2D eigenvalue weighted by Gasteiger charge is 2.41. The van der Waals surface area contributed by atoms with E-state index in [9.17, 15) is 9.59 Å².